The largest absolute Gasteiger partial charge is 0.359 e. The van der Waals surface area contributed by atoms with Crippen LogP contribution < -0.4 is 15.8 Å². The number of benzene rings is 1. The number of amides is 1. The maximum Gasteiger partial charge on any atom is 0.271 e. The Morgan fingerprint density at radius 1 is 1.24 bits per heavy atom. The van der Waals surface area contributed by atoms with Crippen LogP contribution in [0.15, 0.2) is 35.1 Å². The highest BCUT2D eigenvalue weighted by Gasteiger charge is 2.25. The molecular weight excluding hydrogens is 340 g/mol. The quantitative estimate of drug-likeness (QED) is 0.910. The van der Waals surface area contributed by atoms with E-state index in [-0.39, 0.29) is 17.4 Å². The van der Waals surface area contributed by atoms with Crippen molar-refractivity contribution in [2.75, 3.05) is 25.0 Å². The zero-order chi connectivity index (χ0) is 18.0. The third-order valence-corrected chi connectivity index (χ3v) is 5.03. The van der Waals surface area contributed by atoms with Gasteiger partial charge in [-0.25, -0.2) is 0 Å². The fourth-order valence-corrected chi connectivity index (χ4v) is 3.22. The monoisotopic (exact) mass is 360 g/mol. The number of anilines is 1. The van der Waals surface area contributed by atoms with Crippen LogP contribution in [0.1, 0.15) is 18.4 Å². The molecule has 1 N–H and O–H groups in total. The number of carbonyl (C=O) groups is 1. The van der Waals surface area contributed by atoms with Crippen molar-refractivity contribution in [2.45, 2.75) is 19.8 Å². The van der Waals surface area contributed by atoms with E-state index in [4.69, 9.17) is 11.6 Å². The van der Waals surface area contributed by atoms with Gasteiger partial charge in [-0.3, -0.25) is 9.59 Å². The second kappa shape index (κ2) is 7.27. The first-order valence-corrected chi connectivity index (χ1v) is 8.71. The lowest BCUT2D eigenvalue weighted by molar-refractivity contribution is -0.125. The molecule has 2 aromatic rings. The van der Waals surface area contributed by atoms with Crippen LogP contribution in [-0.4, -0.2) is 35.8 Å². The molecular formula is C18H21ClN4O2. The Bertz CT molecular complexity index is 841. The Labute approximate surface area is 151 Å². The smallest absolute Gasteiger partial charge is 0.271 e. The molecule has 1 aliphatic heterocycles. The van der Waals surface area contributed by atoms with E-state index in [0.29, 0.717) is 10.7 Å². The summed E-state index contributed by atoms with van der Waals surface area (Å²) in [7, 11) is 1.67. The van der Waals surface area contributed by atoms with Crippen LogP contribution in [0.2, 0.25) is 5.02 Å². The molecule has 0 aliphatic carbocycles. The number of rotatable bonds is 3. The van der Waals surface area contributed by atoms with Gasteiger partial charge in [-0.2, -0.15) is 4.68 Å². The molecule has 0 saturated carbocycles. The SMILES string of the molecule is CNC(=O)C1CCN(c2ccc(=O)n(-c3ccc(C)c(Cl)c3)n2)CC1. The van der Waals surface area contributed by atoms with Crippen molar-refractivity contribution < 1.29 is 4.79 Å². The molecule has 2 heterocycles. The van der Waals surface area contributed by atoms with Crippen molar-refractivity contribution in [3.05, 3.63) is 51.3 Å². The van der Waals surface area contributed by atoms with Crippen LogP contribution in [0.25, 0.3) is 5.69 Å². The fraction of sp³-hybridized carbons (Fsp3) is 0.389. The van der Waals surface area contributed by atoms with Gasteiger partial charge in [0.25, 0.3) is 5.56 Å². The van der Waals surface area contributed by atoms with E-state index < -0.39 is 0 Å². The van der Waals surface area contributed by atoms with Gasteiger partial charge in [0.05, 0.1) is 5.69 Å². The van der Waals surface area contributed by atoms with Crippen molar-refractivity contribution in [2.24, 2.45) is 5.92 Å². The minimum Gasteiger partial charge on any atom is -0.359 e. The van der Waals surface area contributed by atoms with Gasteiger partial charge in [0.2, 0.25) is 5.91 Å². The summed E-state index contributed by atoms with van der Waals surface area (Å²) in [5.74, 6) is 0.863. The average Bonchev–Trinajstić information content (AvgIpc) is 2.64. The number of piperidine rings is 1. The van der Waals surface area contributed by atoms with Gasteiger partial charge in [0.1, 0.15) is 5.82 Å². The van der Waals surface area contributed by atoms with Crippen molar-refractivity contribution in [1.29, 1.82) is 0 Å². The number of aryl methyl sites for hydroxylation is 1. The Balaban J connectivity index is 1.84. The van der Waals surface area contributed by atoms with Crippen LogP contribution in [0.3, 0.4) is 0 Å². The minimum absolute atomic E-state index is 0.0445. The van der Waals surface area contributed by atoms with Gasteiger partial charge in [0, 0.05) is 37.1 Å². The highest BCUT2D eigenvalue weighted by molar-refractivity contribution is 6.31. The molecule has 3 rings (SSSR count). The van der Waals surface area contributed by atoms with E-state index in [1.165, 1.54) is 10.7 Å². The van der Waals surface area contributed by atoms with Gasteiger partial charge >= 0.3 is 0 Å². The van der Waals surface area contributed by atoms with E-state index in [1.54, 1.807) is 19.2 Å². The van der Waals surface area contributed by atoms with E-state index >= 15 is 0 Å². The molecule has 1 fully saturated rings. The Morgan fingerprint density at radius 2 is 1.96 bits per heavy atom. The third kappa shape index (κ3) is 3.69. The lowest BCUT2D eigenvalue weighted by Gasteiger charge is -2.31. The average molecular weight is 361 g/mol. The Kier molecular flexibility index (Phi) is 5.08. The Hall–Kier alpha value is -2.34. The standard InChI is InChI=1S/C18H21ClN4O2/c1-12-3-4-14(11-15(12)19)23-17(24)6-5-16(21-23)22-9-7-13(8-10-22)18(25)20-2/h3-6,11,13H,7-10H2,1-2H3,(H,20,25). The number of hydrogen-bond donors (Lipinski definition) is 1. The predicted octanol–water partition coefficient (Wildman–Crippen LogP) is 2.16. The second-order valence-electron chi connectivity index (χ2n) is 6.25. The van der Waals surface area contributed by atoms with Crippen LogP contribution in [0.5, 0.6) is 0 Å². The van der Waals surface area contributed by atoms with E-state index in [2.05, 4.69) is 15.3 Å². The van der Waals surface area contributed by atoms with Crippen LogP contribution >= 0.6 is 11.6 Å². The molecule has 0 unspecified atom stereocenters. The normalized spacial score (nSPS) is 15.2. The maximum atomic E-state index is 12.2. The van der Waals surface area contributed by atoms with Gasteiger partial charge in [-0.15, -0.1) is 5.10 Å². The van der Waals surface area contributed by atoms with Crippen molar-refractivity contribution in [1.82, 2.24) is 15.1 Å². The molecule has 1 aromatic heterocycles. The highest BCUT2D eigenvalue weighted by Crippen LogP contribution is 2.22. The first kappa shape index (κ1) is 17.5. The number of carbonyl (C=O) groups excluding carboxylic acids is 1. The molecule has 0 bridgehead atoms. The van der Waals surface area contributed by atoms with Gasteiger partial charge in [-0.1, -0.05) is 17.7 Å². The van der Waals surface area contributed by atoms with Crippen LogP contribution in [0.4, 0.5) is 5.82 Å². The summed E-state index contributed by atoms with van der Waals surface area (Å²) < 4.78 is 1.37. The summed E-state index contributed by atoms with van der Waals surface area (Å²) in [6.07, 6.45) is 1.55. The summed E-state index contributed by atoms with van der Waals surface area (Å²) in [5.41, 5.74) is 1.39. The number of nitrogens with zero attached hydrogens (tertiary/aromatic N) is 3. The van der Waals surface area contributed by atoms with Crippen LogP contribution in [0, 0.1) is 12.8 Å². The first-order chi connectivity index (χ1) is 12.0. The zero-order valence-electron chi connectivity index (χ0n) is 14.3. The molecule has 1 aromatic carbocycles. The zero-order valence-corrected chi connectivity index (χ0v) is 15.1. The number of aromatic nitrogens is 2. The molecule has 132 valence electrons. The number of nitrogens with one attached hydrogen (secondary N) is 1. The molecule has 0 radical (unpaired) electrons. The summed E-state index contributed by atoms with van der Waals surface area (Å²) in [6.45, 7) is 3.38. The lowest BCUT2D eigenvalue weighted by atomic mass is 9.96. The molecule has 0 atom stereocenters. The van der Waals surface area contributed by atoms with Crippen molar-refractivity contribution in [3.8, 4) is 5.69 Å². The molecule has 1 aliphatic rings. The number of halogens is 1. The fourth-order valence-electron chi connectivity index (χ4n) is 3.04. The third-order valence-electron chi connectivity index (χ3n) is 4.62. The second-order valence-corrected chi connectivity index (χ2v) is 6.66. The molecule has 0 spiro atoms. The van der Waals surface area contributed by atoms with Gasteiger partial charge in [0.15, 0.2) is 0 Å². The maximum absolute atomic E-state index is 12.2. The molecule has 7 heteroatoms. The summed E-state index contributed by atoms with van der Waals surface area (Å²) >= 11 is 6.17. The van der Waals surface area contributed by atoms with E-state index in [1.807, 2.05) is 19.1 Å². The summed E-state index contributed by atoms with van der Waals surface area (Å²) in [4.78, 5) is 26.1. The lowest BCUT2D eigenvalue weighted by Crippen LogP contribution is -2.40. The van der Waals surface area contributed by atoms with Crippen molar-refractivity contribution >= 4 is 23.3 Å². The van der Waals surface area contributed by atoms with Gasteiger partial charge in [-0.05, 0) is 43.5 Å². The minimum atomic E-state index is -0.205. The molecule has 1 saturated heterocycles. The Morgan fingerprint density at radius 3 is 2.60 bits per heavy atom. The summed E-state index contributed by atoms with van der Waals surface area (Å²) in [5, 5.41) is 7.80. The van der Waals surface area contributed by atoms with Crippen molar-refractivity contribution in [3.63, 3.8) is 0 Å². The number of hydrogen-bond acceptors (Lipinski definition) is 4. The molecule has 1 amide bonds. The summed E-state index contributed by atoms with van der Waals surface area (Å²) in [6, 6.07) is 8.69. The topological polar surface area (TPSA) is 67.2 Å². The van der Waals surface area contributed by atoms with E-state index in [9.17, 15) is 9.59 Å². The van der Waals surface area contributed by atoms with Crippen LogP contribution in [-0.2, 0) is 4.79 Å². The van der Waals surface area contributed by atoms with E-state index in [0.717, 1.165) is 37.3 Å². The predicted molar refractivity (Wildman–Crippen MR) is 98.6 cm³/mol. The van der Waals surface area contributed by atoms with Gasteiger partial charge < -0.3 is 10.2 Å². The molecule has 6 nitrogen and oxygen atoms in total. The first-order valence-electron chi connectivity index (χ1n) is 8.33. The molecule has 25 heavy (non-hydrogen) atoms. The highest BCUT2D eigenvalue weighted by atomic mass is 35.5.